The molecule has 27 heavy (non-hydrogen) atoms. The first kappa shape index (κ1) is 18.9. The molecule has 0 aliphatic heterocycles. The third-order valence-corrected chi connectivity index (χ3v) is 4.34. The van der Waals surface area contributed by atoms with Crippen LogP contribution in [0.5, 0.6) is 0 Å². The number of hydrogen-bond acceptors (Lipinski definition) is 6. The summed E-state index contributed by atoms with van der Waals surface area (Å²) in [4.78, 5) is 20.7. The summed E-state index contributed by atoms with van der Waals surface area (Å²) in [5.74, 6) is 1.50. The molecule has 3 rings (SSSR count). The van der Waals surface area contributed by atoms with E-state index >= 15 is 0 Å². The topological polar surface area (TPSA) is 99.0 Å². The van der Waals surface area contributed by atoms with Crippen molar-refractivity contribution in [1.29, 1.82) is 0 Å². The molecule has 8 heteroatoms. The highest BCUT2D eigenvalue weighted by Gasteiger charge is 2.26. The molecule has 8 nitrogen and oxygen atoms in total. The van der Waals surface area contributed by atoms with Gasteiger partial charge in [0.1, 0.15) is 0 Å². The summed E-state index contributed by atoms with van der Waals surface area (Å²) in [5.41, 5.74) is -0.0651. The van der Waals surface area contributed by atoms with E-state index in [1.165, 1.54) is 0 Å². The fraction of sp³-hybridized carbons (Fsp3) is 0.474. The lowest BCUT2D eigenvalue weighted by Gasteiger charge is -2.31. The van der Waals surface area contributed by atoms with Gasteiger partial charge in [0.15, 0.2) is 5.76 Å². The SMILES string of the molecule is CC(C)(C)C(Cn1ccnc1)NC(=O)CCCc1nc(-c2ccco2)no1. The quantitative estimate of drug-likeness (QED) is 0.653. The molecule has 144 valence electrons. The average Bonchev–Trinajstić information content (AvgIpc) is 3.35. The number of nitrogens with one attached hydrogen (secondary N) is 1. The number of amides is 1. The standard InChI is InChI=1S/C19H25N5O3/c1-19(2,3)15(12-24-10-9-20-13-24)21-16(25)7-4-8-17-22-18(23-27-17)14-6-5-11-26-14/h5-6,9-11,13,15H,4,7-8,12H2,1-3H3,(H,21,25). The number of imidazole rings is 1. The molecule has 1 atom stereocenters. The highest BCUT2D eigenvalue weighted by Crippen LogP contribution is 2.21. The zero-order valence-corrected chi connectivity index (χ0v) is 15.9. The molecule has 0 bridgehead atoms. The molecule has 0 aliphatic rings. The van der Waals surface area contributed by atoms with Crippen LogP contribution in [0.15, 0.2) is 46.1 Å². The van der Waals surface area contributed by atoms with E-state index in [0.717, 1.165) is 0 Å². The zero-order valence-electron chi connectivity index (χ0n) is 15.9. The first-order chi connectivity index (χ1) is 12.9. The maximum Gasteiger partial charge on any atom is 0.238 e. The fourth-order valence-electron chi connectivity index (χ4n) is 2.67. The normalized spacial score (nSPS) is 12.9. The third kappa shape index (κ3) is 5.29. The van der Waals surface area contributed by atoms with E-state index in [1.54, 1.807) is 30.9 Å². The Morgan fingerprint density at radius 3 is 2.89 bits per heavy atom. The zero-order chi connectivity index (χ0) is 19.3. The predicted molar refractivity (Wildman–Crippen MR) is 98.6 cm³/mol. The molecule has 0 radical (unpaired) electrons. The first-order valence-electron chi connectivity index (χ1n) is 9.03. The van der Waals surface area contributed by atoms with Crippen LogP contribution >= 0.6 is 0 Å². The smallest absolute Gasteiger partial charge is 0.238 e. The molecular formula is C19H25N5O3. The number of carbonyl (C=O) groups excluding carboxylic acids is 1. The molecule has 0 saturated carbocycles. The van der Waals surface area contributed by atoms with E-state index in [0.29, 0.717) is 43.3 Å². The number of rotatable bonds is 8. The lowest BCUT2D eigenvalue weighted by Crippen LogP contribution is -2.46. The second kappa shape index (κ2) is 8.20. The van der Waals surface area contributed by atoms with Crippen molar-refractivity contribution in [3.8, 4) is 11.6 Å². The fourth-order valence-corrected chi connectivity index (χ4v) is 2.67. The van der Waals surface area contributed by atoms with Crippen LogP contribution in [-0.2, 0) is 17.8 Å². The molecule has 0 aromatic carbocycles. The lowest BCUT2D eigenvalue weighted by atomic mass is 9.86. The van der Waals surface area contributed by atoms with Crippen molar-refractivity contribution in [2.45, 2.75) is 52.6 Å². The van der Waals surface area contributed by atoms with Gasteiger partial charge >= 0.3 is 0 Å². The Morgan fingerprint density at radius 1 is 1.37 bits per heavy atom. The van der Waals surface area contributed by atoms with E-state index in [-0.39, 0.29) is 17.4 Å². The predicted octanol–water partition coefficient (Wildman–Crippen LogP) is 3.08. The molecule has 0 aliphatic carbocycles. The summed E-state index contributed by atoms with van der Waals surface area (Å²) in [5, 5.41) is 7.03. The van der Waals surface area contributed by atoms with E-state index in [2.05, 4.69) is 41.2 Å². The number of aryl methyl sites for hydroxylation is 1. The number of furan rings is 1. The van der Waals surface area contributed by atoms with Crippen LogP contribution in [0.2, 0.25) is 0 Å². The van der Waals surface area contributed by atoms with Crippen LogP contribution in [0.4, 0.5) is 0 Å². The molecule has 1 unspecified atom stereocenters. The van der Waals surface area contributed by atoms with Gasteiger partial charge < -0.3 is 18.8 Å². The van der Waals surface area contributed by atoms with Crippen LogP contribution in [0, 0.1) is 5.41 Å². The summed E-state index contributed by atoms with van der Waals surface area (Å²) >= 11 is 0. The Morgan fingerprint density at radius 2 is 2.22 bits per heavy atom. The Kier molecular flexibility index (Phi) is 5.73. The maximum absolute atomic E-state index is 12.4. The Labute approximate surface area is 158 Å². The Balaban J connectivity index is 1.48. The second-order valence-electron chi connectivity index (χ2n) is 7.59. The molecule has 1 amide bonds. The number of nitrogens with zero attached hydrogens (tertiary/aromatic N) is 4. The van der Waals surface area contributed by atoms with Crippen molar-refractivity contribution in [1.82, 2.24) is 25.0 Å². The van der Waals surface area contributed by atoms with Crippen LogP contribution in [0.3, 0.4) is 0 Å². The number of carbonyl (C=O) groups is 1. The van der Waals surface area contributed by atoms with Gasteiger partial charge in [-0.05, 0) is 24.0 Å². The Bertz CT molecular complexity index is 831. The molecule has 0 fully saturated rings. The van der Waals surface area contributed by atoms with Gasteiger partial charge in [0.25, 0.3) is 0 Å². The number of hydrogen-bond donors (Lipinski definition) is 1. The minimum atomic E-state index is -0.0651. The second-order valence-corrected chi connectivity index (χ2v) is 7.59. The van der Waals surface area contributed by atoms with E-state index < -0.39 is 0 Å². The maximum atomic E-state index is 12.4. The monoisotopic (exact) mass is 371 g/mol. The van der Waals surface area contributed by atoms with Crippen molar-refractivity contribution in [3.05, 3.63) is 43.0 Å². The molecule has 3 aromatic heterocycles. The van der Waals surface area contributed by atoms with Gasteiger partial charge in [0.2, 0.25) is 17.6 Å². The molecule has 3 heterocycles. The minimum Gasteiger partial charge on any atom is -0.461 e. The summed E-state index contributed by atoms with van der Waals surface area (Å²) in [6, 6.07) is 3.55. The molecule has 0 saturated heterocycles. The van der Waals surface area contributed by atoms with Crippen LogP contribution in [0.1, 0.15) is 39.5 Å². The van der Waals surface area contributed by atoms with Crippen molar-refractivity contribution in [3.63, 3.8) is 0 Å². The summed E-state index contributed by atoms with van der Waals surface area (Å²) in [6.45, 7) is 7.03. The van der Waals surface area contributed by atoms with Crippen LogP contribution in [0.25, 0.3) is 11.6 Å². The average molecular weight is 371 g/mol. The summed E-state index contributed by atoms with van der Waals surface area (Å²) < 4.78 is 12.4. The van der Waals surface area contributed by atoms with Gasteiger partial charge in [0, 0.05) is 31.8 Å². The Hall–Kier alpha value is -2.90. The van der Waals surface area contributed by atoms with Gasteiger partial charge in [0.05, 0.1) is 18.6 Å². The van der Waals surface area contributed by atoms with E-state index in [1.807, 2.05) is 10.8 Å². The third-order valence-electron chi connectivity index (χ3n) is 4.34. The highest BCUT2D eigenvalue weighted by atomic mass is 16.5. The highest BCUT2D eigenvalue weighted by molar-refractivity contribution is 5.76. The van der Waals surface area contributed by atoms with Gasteiger partial charge in [-0.2, -0.15) is 4.98 Å². The largest absolute Gasteiger partial charge is 0.461 e. The molecule has 3 aromatic rings. The molecule has 1 N–H and O–H groups in total. The van der Waals surface area contributed by atoms with Crippen molar-refractivity contribution >= 4 is 5.91 Å². The van der Waals surface area contributed by atoms with Crippen molar-refractivity contribution in [2.24, 2.45) is 5.41 Å². The van der Waals surface area contributed by atoms with Gasteiger partial charge in [-0.1, -0.05) is 25.9 Å². The summed E-state index contributed by atoms with van der Waals surface area (Å²) in [7, 11) is 0. The van der Waals surface area contributed by atoms with Gasteiger partial charge in [-0.3, -0.25) is 4.79 Å². The lowest BCUT2D eigenvalue weighted by molar-refractivity contribution is -0.122. The number of aromatic nitrogens is 4. The molecule has 0 spiro atoms. The summed E-state index contributed by atoms with van der Waals surface area (Å²) in [6.07, 6.45) is 8.54. The van der Waals surface area contributed by atoms with Crippen molar-refractivity contribution < 1.29 is 13.7 Å². The van der Waals surface area contributed by atoms with E-state index in [4.69, 9.17) is 8.94 Å². The van der Waals surface area contributed by atoms with Gasteiger partial charge in [-0.15, -0.1) is 0 Å². The first-order valence-corrected chi connectivity index (χ1v) is 9.03. The van der Waals surface area contributed by atoms with Crippen molar-refractivity contribution in [2.75, 3.05) is 0 Å². The van der Waals surface area contributed by atoms with E-state index in [9.17, 15) is 4.79 Å². The van der Waals surface area contributed by atoms with Crippen LogP contribution in [-0.4, -0.2) is 31.6 Å². The minimum absolute atomic E-state index is 0.00756. The van der Waals surface area contributed by atoms with Gasteiger partial charge in [-0.25, -0.2) is 4.98 Å². The molecular weight excluding hydrogens is 346 g/mol. The van der Waals surface area contributed by atoms with Crippen LogP contribution < -0.4 is 5.32 Å².